The molecule has 17 heavy (non-hydrogen) atoms. The zero-order valence-electron chi connectivity index (χ0n) is 8.28. The monoisotopic (exact) mass is 324 g/mol. The van der Waals surface area contributed by atoms with Gasteiger partial charge in [0.05, 0.1) is 15.1 Å². The molecule has 0 fully saturated rings. The van der Waals surface area contributed by atoms with E-state index in [0.29, 0.717) is 25.1 Å². The fourth-order valence-corrected chi connectivity index (χ4v) is 2.59. The second-order valence-electron chi connectivity index (χ2n) is 3.35. The molecule has 5 heteroatoms. The molecule has 0 bridgehead atoms. The van der Waals surface area contributed by atoms with Crippen LogP contribution in [0.2, 0.25) is 25.1 Å². The average molecular weight is 326 g/mol. The summed E-state index contributed by atoms with van der Waals surface area (Å²) >= 11 is 29.9. The molecule has 0 aromatic heterocycles. The maximum atomic E-state index is 6.14. The van der Waals surface area contributed by atoms with Gasteiger partial charge in [-0.25, -0.2) is 0 Å². The fraction of sp³-hybridized carbons (Fsp3) is 0. The van der Waals surface area contributed by atoms with Crippen LogP contribution >= 0.6 is 58.0 Å². The maximum Gasteiger partial charge on any atom is 0.0784 e. The van der Waals surface area contributed by atoms with Crippen LogP contribution in [-0.4, -0.2) is 0 Å². The Kier molecular flexibility index (Phi) is 4.12. The van der Waals surface area contributed by atoms with Gasteiger partial charge in [-0.1, -0.05) is 70.1 Å². The lowest BCUT2D eigenvalue weighted by Crippen LogP contribution is -1.83. The molecule has 88 valence electrons. The molecule has 0 saturated carbocycles. The van der Waals surface area contributed by atoms with Gasteiger partial charge < -0.3 is 0 Å². The van der Waals surface area contributed by atoms with Crippen LogP contribution in [0.4, 0.5) is 0 Å². The molecule has 0 aliphatic rings. The zero-order chi connectivity index (χ0) is 12.6. The summed E-state index contributed by atoms with van der Waals surface area (Å²) in [5.41, 5.74) is 1.49. The third-order valence-corrected chi connectivity index (χ3v) is 4.10. The Hall–Kier alpha value is -0.110. The lowest BCUT2D eigenvalue weighted by atomic mass is 10.1. The minimum absolute atomic E-state index is 0.317. The largest absolute Gasteiger partial charge is 0.0843 e. The molecule has 0 spiro atoms. The number of hydrogen-bond donors (Lipinski definition) is 0. The van der Waals surface area contributed by atoms with E-state index in [4.69, 9.17) is 58.0 Å². The molecule has 2 aromatic carbocycles. The quantitative estimate of drug-likeness (QED) is 0.517. The van der Waals surface area contributed by atoms with Crippen molar-refractivity contribution in [2.24, 2.45) is 0 Å². The highest BCUT2D eigenvalue weighted by molar-refractivity contribution is 6.49. The molecule has 0 saturated heterocycles. The van der Waals surface area contributed by atoms with Gasteiger partial charge in [-0.2, -0.15) is 0 Å². The lowest BCUT2D eigenvalue weighted by molar-refractivity contribution is 1.61. The first kappa shape index (κ1) is 13.3. The van der Waals surface area contributed by atoms with Crippen LogP contribution in [0.5, 0.6) is 0 Å². The second kappa shape index (κ2) is 5.26. The molecule has 0 atom stereocenters. The average Bonchev–Trinajstić information content (AvgIpc) is 2.28. The van der Waals surface area contributed by atoms with E-state index in [-0.39, 0.29) is 0 Å². The number of benzene rings is 2. The summed E-state index contributed by atoms with van der Waals surface area (Å²) in [6.45, 7) is 0. The predicted octanol–water partition coefficient (Wildman–Crippen LogP) is 6.62. The zero-order valence-corrected chi connectivity index (χ0v) is 12.1. The molecular weight excluding hydrogens is 321 g/mol. The predicted molar refractivity (Wildman–Crippen MR) is 76.9 cm³/mol. The first-order valence-electron chi connectivity index (χ1n) is 4.59. The van der Waals surface area contributed by atoms with Crippen LogP contribution in [0.15, 0.2) is 30.3 Å². The van der Waals surface area contributed by atoms with Gasteiger partial charge in [0, 0.05) is 21.2 Å². The fourth-order valence-electron chi connectivity index (χ4n) is 1.44. The highest BCUT2D eigenvalue weighted by Gasteiger charge is 2.12. The molecule has 2 aromatic rings. The minimum Gasteiger partial charge on any atom is -0.0843 e. The van der Waals surface area contributed by atoms with E-state index in [1.807, 2.05) is 0 Å². The van der Waals surface area contributed by atoms with Crippen molar-refractivity contribution in [3.8, 4) is 11.1 Å². The molecule has 0 heterocycles. The Labute approximate surface area is 124 Å². The van der Waals surface area contributed by atoms with Gasteiger partial charge in [0.1, 0.15) is 0 Å². The van der Waals surface area contributed by atoms with E-state index in [1.54, 1.807) is 30.3 Å². The Morgan fingerprint density at radius 3 is 1.88 bits per heavy atom. The van der Waals surface area contributed by atoms with Gasteiger partial charge in [-0.3, -0.25) is 0 Å². The summed E-state index contributed by atoms with van der Waals surface area (Å²) in [5, 5.41) is 2.18. The summed E-state index contributed by atoms with van der Waals surface area (Å²) in [4.78, 5) is 0. The molecule has 0 aliphatic carbocycles. The third-order valence-electron chi connectivity index (χ3n) is 2.26. The molecule has 0 N–H and O–H groups in total. The van der Waals surface area contributed by atoms with Gasteiger partial charge in [-0.05, 0) is 18.2 Å². The molecule has 2 rings (SSSR count). The standard InChI is InChI=1S/C12H5Cl5/c13-6-1-2-7(10(15)5-6)8-3-4-9(14)12(17)11(8)16/h1-5H. The van der Waals surface area contributed by atoms with Crippen molar-refractivity contribution in [1.82, 2.24) is 0 Å². The van der Waals surface area contributed by atoms with Crippen molar-refractivity contribution < 1.29 is 0 Å². The summed E-state index contributed by atoms with van der Waals surface area (Å²) in [6.07, 6.45) is 0. The van der Waals surface area contributed by atoms with Gasteiger partial charge in [0.2, 0.25) is 0 Å². The molecule has 0 nitrogen and oxygen atoms in total. The minimum atomic E-state index is 0.317. The van der Waals surface area contributed by atoms with E-state index in [0.717, 1.165) is 11.1 Å². The first-order chi connectivity index (χ1) is 8.00. The Morgan fingerprint density at radius 1 is 0.588 bits per heavy atom. The molecular formula is C12H5Cl5. The van der Waals surface area contributed by atoms with Gasteiger partial charge in [-0.15, -0.1) is 0 Å². The van der Waals surface area contributed by atoms with Crippen molar-refractivity contribution >= 4 is 58.0 Å². The van der Waals surface area contributed by atoms with Gasteiger partial charge in [0.25, 0.3) is 0 Å². The summed E-state index contributed by atoms with van der Waals surface area (Å²) in [6, 6.07) is 8.62. The van der Waals surface area contributed by atoms with Crippen molar-refractivity contribution in [2.45, 2.75) is 0 Å². The second-order valence-corrected chi connectivity index (χ2v) is 5.35. The SMILES string of the molecule is Clc1ccc(-c2ccc(Cl)c(Cl)c2Cl)c(Cl)c1. The molecule has 0 radical (unpaired) electrons. The maximum absolute atomic E-state index is 6.14. The van der Waals surface area contributed by atoms with E-state index in [2.05, 4.69) is 0 Å². The van der Waals surface area contributed by atoms with E-state index < -0.39 is 0 Å². The summed E-state index contributed by atoms with van der Waals surface area (Å²) < 4.78 is 0. The normalized spacial score (nSPS) is 10.6. The highest BCUT2D eigenvalue weighted by atomic mass is 35.5. The first-order valence-corrected chi connectivity index (χ1v) is 6.48. The molecule has 0 unspecified atom stereocenters. The summed E-state index contributed by atoms with van der Waals surface area (Å²) in [5.74, 6) is 0. The van der Waals surface area contributed by atoms with Crippen LogP contribution in [0.25, 0.3) is 11.1 Å². The summed E-state index contributed by atoms with van der Waals surface area (Å²) in [7, 11) is 0. The Bertz CT molecular complexity index is 577. The molecule has 0 amide bonds. The number of halogens is 5. The van der Waals surface area contributed by atoms with Crippen molar-refractivity contribution in [1.29, 1.82) is 0 Å². The van der Waals surface area contributed by atoms with Crippen LogP contribution in [0, 0.1) is 0 Å². The van der Waals surface area contributed by atoms with E-state index in [1.165, 1.54) is 0 Å². The van der Waals surface area contributed by atoms with Crippen molar-refractivity contribution in [3.63, 3.8) is 0 Å². The Balaban J connectivity index is 2.65. The number of hydrogen-bond acceptors (Lipinski definition) is 0. The highest BCUT2D eigenvalue weighted by Crippen LogP contribution is 2.40. The van der Waals surface area contributed by atoms with E-state index >= 15 is 0 Å². The van der Waals surface area contributed by atoms with Crippen LogP contribution in [-0.2, 0) is 0 Å². The van der Waals surface area contributed by atoms with Crippen molar-refractivity contribution in [3.05, 3.63) is 55.4 Å². The van der Waals surface area contributed by atoms with Crippen molar-refractivity contribution in [2.75, 3.05) is 0 Å². The third kappa shape index (κ3) is 2.67. The lowest BCUT2D eigenvalue weighted by Gasteiger charge is -2.09. The molecule has 0 aliphatic heterocycles. The van der Waals surface area contributed by atoms with Gasteiger partial charge >= 0.3 is 0 Å². The van der Waals surface area contributed by atoms with Crippen LogP contribution < -0.4 is 0 Å². The topological polar surface area (TPSA) is 0 Å². The number of rotatable bonds is 1. The van der Waals surface area contributed by atoms with E-state index in [9.17, 15) is 0 Å². The van der Waals surface area contributed by atoms with Gasteiger partial charge in [0.15, 0.2) is 0 Å². The smallest absolute Gasteiger partial charge is 0.0784 e. The van der Waals surface area contributed by atoms with Crippen LogP contribution in [0.3, 0.4) is 0 Å². The Morgan fingerprint density at radius 2 is 1.24 bits per heavy atom. The van der Waals surface area contributed by atoms with Crippen LogP contribution in [0.1, 0.15) is 0 Å².